The van der Waals surface area contributed by atoms with Crippen LogP contribution < -0.4 is 14.5 Å². The van der Waals surface area contributed by atoms with E-state index in [1.54, 1.807) is 21.7 Å². The van der Waals surface area contributed by atoms with Crippen molar-refractivity contribution in [2.24, 2.45) is 5.92 Å². The first kappa shape index (κ1) is 42.0. The highest BCUT2D eigenvalue weighted by molar-refractivity contribution is 6.71. The number of nitrogens with zero attached hydrogens (tertiary/aromatic N) is 5. The maximum absolute atomic E-state index is 15.4. The number of aliphatic hydroxyl groups is 1. The lowest BCUT2D eigenvalue weighted by Crippen LogP contribution is -2.46. The predicted octanol–water partition coefficient (Wildman–Crippen LogP) is 9.41. The zero-order valence-corrected chi connectivity index (χ0v) is 36.8. The van der Waals surface area contributed by atoms with Crippen LogP contribution in [-0.2, 0) is 21.7 Å². The van der Waals surface area contributed by atoms with Crippen molar-refractivity contribution >= 4 is 37.2 Å². The van der Waals surface area contributed by atoms with Gasteiger partial charge in [0.25, 0.3) is 11.8 Å². The van der Waals surface area contributed by atoms with Gasteiger partial charge in [-0.3, -0.25) is 19.2 Å². The first-order chi connectivity index (χ1) is 29.3. The number of para-hydroxylation sites is 3. The Kier molecular flexibility index (Phi) is 11.7. The normalized spacial score (nSPS) is 21.5. The van der Waals surface area contributed by atoms with Crippen molar-refractivity contribution in [1.29, 1.82) is 0 Å². The minimum atomic E-state index is -3.00. The first-order valence-electron chi connectivity index (χ1n) is 21.2. The minimum Gasteiger partial charge on any atom is -0.454 e. The Labute approximate surface area is 359 Å². The third-order valence-electron chi connectivity index (χ3n) is 12.5. The molecule has 61 heavy (non-hydrogen) atoms. The van der Waals surface area contributed by atoms with Crippen molar-refractivity contribution in [1.82, 2.24) is 15.0 Å². The molecule has 4 heterocycles. The van der Waals surface area contributed by atoms with Gasteiger partial charge in [0.15, 0.2) is 19.7 Å². The molecule has 12 heteroatoms. The summed E-state index contributed by atoms with van der Waals surface area (Å²) in [5.74, 6) is -0.177. The van der Waals surface area contributed by atoms with E-state index in [2.05, 4.69) is 43.2 Å². The highest BCUT2D eigenvalue weighted by Gasteiger charge is 2.66. The van der Waals surface area contributed by atoms with Crippen LogP contribution in [0.25, 0.3) is 0 Å². The molecule has 0 radical (unpaired) electrons. The van der Waals surface area contributed by atoms with Crippen LogP contribution in [-0.4, -0.2) is 64.3 Å². The fraction of sp³-hybridized carbons (Fsp3) is 0.347. The number of anilines is 3. The summed E-state index contributed by atoms with van der Waals surface area (Å²) in [4.78, 5) is 45.5. The van der Waals surface area contributed by atoms with Crippen molar-refractivity contribution in [2.45, 2.75) is 89.8 Å². The number of aliphatic hydroxyl groups excluding tert-OH is 1. The zero-order chi connectivity index (χ0) is 43.1. The van der Waals surface area contributed by atoms with Gasteiger partial charge in [-0.05, 0) is 101 Å². The number of allylic oxidation sites excluding steroid dienone is 3. The van der Waals surface area contributed by atoms with Crippen LogP contribution in [0.1, 0.15) is 80.1 Å². The molecule has 1 unspecified atom stereocenters. The van der Waals surface area contributed by atoms with Crippen LogP contribution in [0.15, 0.2) is 127 Å². The summed E-state index contributed by atoms with van der Waals surface area (Å²) in [6.45, 7) is 12.8. The van der Waals surface area contributed by atoms with E-state index >= 15 is 4.79 Å². The van der Waals surface area contributed by atoms with E-state index in [0.29, 0.717) is 59.2 Å². The summed E-state index contributed by atoms with van der Waals surface area (Å²) < 4.78 is 15.3. The number of hydrogen-bond donors (Lipinski definition) is 2. The Bertz CT molecular complexity index is 2490. The van der Waals surface area contributed by atoms with Crippen LogP contribution in [0.2, 0.25) is 18.6 Å². The number of aromatic nitrogens is 3. The molecule has 3 aliphatic heterocycles. The molecule has 4 aromatic carbocycles. The fourth-order valence-corrected chi connectivity index (χ4v) is 12.2. The monoisotopic (exact) mass is 837 g/mol. The molecule has 2 amide bonds. The molecular weight excluding hydrogens is 783 g/mol. The van der Waals surface area contributed by atoms with E-state index in [4.69, 9.17) is 9.47 Å². The predicted molar refractivity (Wildman–Crippen MR) is 240 cm³/mol. The van der Waals surface area contributed by atoms with Gasteiger partial charge in [0.2, 0.25) is 0 Å². The number of carbonyl (C=O) groups is 2. The number of ether oxygens (including phenoxy) is 2. The lowest BCUT2D eigenvalue weighted by Gasteiger charge is -2.32. The summed E-state index contributed by atoms with van der Waals surface area (Å²) >= 11 is 0. The number of carbonyl (C=O) groups excluding carboxylic acids is 2. The molecule has 0 aliphatic carbocycles. The van der Waals surface area contributed by atoms with Gasteiger partial charge < -0.3 is 24.3 Å². The van der Waals surface area contributed by atoms with E-state index in [0.717, 1.165) is 24.1 Å². The lowest BCUT2D eigenvalue weighted by molar-refractivity contribution is -0.145. The van der Waals surface area contributed by atoms with Crippen LogP contribution in [0.5, 0.6) is 11.5 Å². The summed E-state index contributed by atoms with van der Waals surface area (Å²) in [6, 6.07) is 30.2. The van der Waals surface area contributed by atoms with Crippen LogP contribution in [0.4, 0.5) is 17.1 Å². The SMILES string of the molecule is CC(C)=CCC/C(C)=C/CN1C(=O)[C@]2(O[C@H](CCn3cc(C(CO)c4ccccc4)nn3)[C@@H]([Si](C)(C)O)[C@@H]2C)c2cc(N3C(=O)c4ccccc4Oc4ccccc43)ccc21. The first-order valence-corrected chi connectivity index (χ1v) is 24.3. The standard InChI is InChI=1S/C49H55N5O6Si/c1-32(2)15-14-16-33(3)25-28-53-41-24-23-36(54-42-20-11-13-22-44(42)59-43-21-12-10-19-37(43)47(54)56)29-39(41)49(48(53)57)34(4)46(61(5,6)58)45(60-49)26-27-52-30-40(50-51-52)38(31-55)35-17-8-7-9-18-35/h7-13,15,17-25,29-30,34,38,45-46,55,58H,14,16,26-28,31H2,1-6H3/b33-25+/t34-,38?,45+,46-,49+/m0/s1. The maximum Gasteiger partial charge on any atom is 0.266 e. The molecule has 2 N–H and O–H groups in total. The Morgan fingerprint density at radius 2 is 1.64 bits per heavy atom. The number of aryl methyl sites for hydroxylation is 1. The molecule has 0 saturated carbocycles. The van der Waals surface area contributed by atoms with Gasteiger partial charge in [0.1, 0.15) is 5.75 Å². The van der Waals surface area contributed by atoms with Crippen molar-refractivity contribution in [3.8, 4) is 11.5 Å². The number of fused-ring (bicyclic) bond motifs is 4. The topological polar surface area (TPSA) is 130 Å². The molecule has 1 aromatic heterocycles. The van der Waals surface area contributed by atoms with E-state index < -0.39 is 25.9 Å². The van der Waals surface area contributed by atoms with Crippen LogP contribution in [0, 0.1) is 5.92 Å². The lowest BCUT2D eigenvalue weighted by atomic mass is 9.82. The summed E-state index contributed by atoms with van der Waals surface area (Å²) in [6.07, 6.45) is 7.95. The molecule has 5 atom stereocenters. The molecule has 3 aliphatic rings. The second-order valence-corrected chi connectivity index (χ2v) is 21.4. The molecule has 1 spiro atoms. The van der Waals surface area contributed by atoms with Crippen LogP contribution in [0.3, 0.4) is 0 Å². The molecule has 1 fully saturated rings. The molecule has 11 nitrogen and oxygen atoms in total. The molecule has 316 valence electrons. The second-order valence-electron chi connectivity index (χ2n) is 17.4. The average Bonchev–Trinajstić information content (AvgIpc) is 3.87. The van der Waals surface area contributed by atoms with E-state index in [9.17, 15) is 14.7 Å². The van der Waals surface area contributed by atoms with E-state index in [1.165, 1.54) is 11.1 Å². The molecular formula is C49H55N5O6Si. The van der Waals surface area contributed by atoms with Gasteiger partial charge in [-0.25, -0.2) is 0 Å². The molecule has 5 aromatic rings. The minimum absolute atomic E-state index is 0.112. The molecule has 1 saturated heterocycles. The number of rotatable bonds is 13. The second kappa shape index (κ2) is 17.0. The zero-order valence-electron chi connectivity index (χ0n) is 35.8. The number of amides is 2. The highest BCUT2D eigenvalue weighted by atomic mass is 28.4. The number of hydrogen-bond acceptors (Lipinski definition) is 8. The number of benzene rings is 4. The van der Waals surface area contributed by atoms with E-state index in [-0.39, 0.29) is 29.9 Å². The van der Waals surface area contributed by atoms with Crippen molar-refractivity contribution < 1.29 is 29.0 Å². The summed E-state index contributed by atoms with van der Waals surface area (Å²) in [5.41, 5.74) is 5.25. The van der Waals surface area contributed by atoms with Crippen molar-refractivity contribution in [3.63, 3.8) is 0 Å². The molecule has 8 rings (SSSR count). The van der Waals surface area contributed by atoms with Crippen LogP contribution >= 0.6 is 0 Å². The van der Waals surface area contributed by atoms with E-state index in [1.807, 2.05) is 116 Å². The van der Waals surface area contributed by atoms with Gasteiger partial charge >= 0.3 is 0 Å². The Morgan fingerprint density at radius 3 is 2.38 bits per heavy atom. The molecule has 0 bridgehead atoms. The fourth-order valence-electron chi connectivity index (χ4n) is 9.56. The Morgan fingerprint density at radius 1 is 0.918 bits per heavy atom. The van der Waals surface area contributed by atoms with Gasteiger partial charge in [-0.2, -0.15) is 0 Å². The van der Waals surface area contributed by atoms with Gasteiger partial charge in [-0.1, -0.05) is 90.0 Å². The third kappa shape index (κ3) is 7.89. The largest absolute Gasteiger partial charge is 0.454 e. The van der Waals surface area contributed by atoms with Gasteiger partial charge in [0, 0.05) is 42.0 Å². The Balaban J connectivity index is 1.18. The van der Waals surface area contributed by atoms with Gasteiger partial charge in [-0.15, -0.1) is 5.10 Å². The van der Waals surface area contributed by atoms with Crippen molar-refractivity contribution in [2.75, 3.05) is 23.0 Å². The van der Waals surface area contributed by atoms with Crippen molar-refractivity contribution in [3.05, 3.63) is 149 Å². The Hall–Kier alpha value is -5.66. The summed E-state index contributed by atoms with van der Waals surface area (Å²) in [7, 11) is -3.00. The average molecular weight is 838 g/mol. The highest BCUT2D eigenvalue weighted by Crippen LogP contribution is 2.60. The quantitative estimate of drug-likeness (QED) is 0.0887. The maximum atomic E-state index is 15.4. The van der Waals surface area contributed by atoms with Gasteiger partial charge in [0.05, 0.1) is 41.3 Å². The summed E-state index contributed by atoms with van der Waals surface area (Å²) in [5, 5.41) is 19.2. The third-order valence-corrected chi connectivity index (χ3v) is 15.0. The smallest absolute Gasteiger partial charge is 0.266 e.